The van der Waals surface area contributed by atoms with E-state index in [2.05, 4.69) is 15.3 Å². The summed E-state index contributed by atoms with van der Waals surface area (Å²) >= 11 is 0. The van der Waals surface area contributed by atoms with Crippen LogP contribution in [0.1, 0.15) is 20.7 Å². The Labute approximate surface area is 107 Å². The number of hydrogen-bond acceptors (Lipinski definition) is 4. The van der Waals surface area contributed by atoms with Crippen LogP contribution in [0, 0.1) is 0 Å². The van der Waals surface area contributed by atoms with Gasteiger partial charge < -0.3 is 0 Å². The van der Waals surface area contributed by atoms with Crippen molar-refractivity contribution in [3.63, 3.8) is 0 Å². The summed E-state index contributed by atoms with van der Waals surface area (Å²) in [4.78, 5) is 32.3. The van der Waals surface area contributed by atoms with Crippen molar-refractivity contribution in [2.75, 3.05) is 0 Å². The van der Waals surface area contributed by atoms with Crippen LogP contribution >= 0.6 is 0 Å². The number of hydrogen-bond donors (Lipinski definition) is 1. The molecule has 4 rings (SSSR count). The minimum atomic E-state index is -0.388. The van der Waals surface area contributed by atoms with Crippen molar-refractivity contribution >= 4 is 33.6 Å². The molecule has 1 aromatic heterocycles. The topological polar surface area (TPSA) is 72.0 Å². The summed E-state index contributed by atoms with van der Waals surface area (Å²) in [6, 6.07) is 7.02. The maximum absolute atomic E-state index is 11.9. The minimum Gasteiger partial charge on any atom is -0.288 e. The normalized spacial score (nSPS) is 13.9. The first kappa shape index (κ1) is 10.1. The van der Waals surface area contributed by atoms with Crippen LogP contribution in [0.3, 0.4) is 0 Å². The lowest BCUT2D eigenvalue weighted by Gasteiger charge is -2.17. The van der Waals surface area contributed by atoms with Crippen LogP contribution < -0.4 is 5.32 Å². The molecule has 1 aliphatic heterocycles. The van der Waals surface area contributed by atoms with Gasteiger partial charge in [-0.3, -0.25) is 24.9 Å². The molecule has 0 saturated carbocycles. The van der Waals surface area contributed by atoms with E-state index in [1.54, 1.807) is 30.6 Å². The van der Waals surface area contributed by atoms with E-state index in [9.17, 15) is 9.59 Å². The second-order valence-corrected chi connectivity index (χ2v) is 4.36. The van der Waals surface area contributed by atoms with Crippen molar-refractivity contribution in [1.29, 1.82) is 0 Å². The van der Waals surface area contributed by atoms with Crippen molar-refractivity contribution in [2.45, 2.75) is 0 Å². The van der Waals surface area contributed by atoms with E-state index >= 15 is 0 Å². The fraction of sp³-hybridized carbons (Fsp3) is 0. The average molecular weight is 249 g/mol. The number of carbonyl (C=O) groups is 2. The quantitative estimate of drug-likeness (QED) is 0.486. The highest BCUT2D eigenvalue weighted by molar-refractivity contribution is 6.28. The number of benzene rings is 2. The van der Waals surface area contributed by atoms with Gasteiger partial charge in [0.25, 0.3) is 11.8 Å². The molecule has 0 radical (unpaired) electrons. The van der Waals surface area contributed by atoms with Crippen LogP contribution in [0.25, 0.3) is 21.8 Å². The lowest BCUT2D eigenvalue weighted by Crippen LogP contribution is -2.34. The molecule has 2 aromatic carbocycles. The van der Waals surface area contributed by atoms with Gasteiger partial charge in [-0.05, 0) is 12.1 Å². The largest absolute Gasteiger partial charge is 0.288 e. The van der Waals surface area contributed by atoms with Crippen molar-refractivity contribution in [1.82, 2.24) is 15.3 Å². The smallest absolute Gasteiger partial charge is 0.258 e. The Balaban J connectivity index is 2.34. The van der Waals surface area contributed by atoms with Crippen LogP contribution in [-0.2, 0) is 0 Å². The molecule has 0 bridgehead atoms. The standard InChI is InChI=1S/C14H7N3O2/c18-13-8-3-1-2-7-11(8)9(14(19)17-13)6-10-12(7)16-5-4-15-10/h1-6H,(H,17,18,19). The summed E-state index contributed by atoms with van der Waals surface area (Å²) in [6.45, 7) is 0. The van der Waals surface area contributed by atoms with Crippen molar-refractivity contribution in [2.24, 2.45) is 0 Å². The monoisotopic (exact) mass is 249 g/mol. The third-order valence-electron chi connectivity index (χ3n) is 3.31. The van der Waals surface area contributed by atoms with Gasteiger partial charge >= 0.3 is 0 Å². The Bertz CT molecular complexity index is 886. The number of carbonyl (C=O) groups excluding carboxylic acids is 2. The van der Waals surface area contributed by atoms with E-state index in [-0.39, 0.29) is 11.8 Å². The molecule has 0 saturated heterocycles. The molecule has 5 nitrogen and oxygen atoms in total. The highest BCUT2D eigenvalue weighted by Gasteiger charge is 2.26. The number of aromatic nitrogens is 2. The van der Waals surface area contributed by atoms with E-state index in [1.165, 1.54) is 0 Å². The first-order chi connectivity index (χ1) is 9.25. The van der Waals surface area contributed by atoms with E-state index in [4.69, 9.17) is 0 Å². The van der Waals surface area contributed by atoms with Gasteiger partial charge in [-0.2, -0.15) is 0 Å². The van der Waals surface area contributed by atoms with Gasteiger partial charge in [-0.25, -0.2) is 0 Å². The summed E-state index contributed by atoms with van der Waals surface area (Å²) < 4.78 is 0. The van der Waals surface area contributed by atoms with Crippen LogP contribution in [0.4, 0.5) is 0 Å². The van der Waals surface area contributed by atoms with Gasteiger partial charge in [0.2, 0.25) is 0 Å². The molecule has 0 fully saturated rings. The van der Waals surface area contributed by atoms with Gasteiger partial charge in [0.15, 0.2) is 0 Å². The molecule has 90 valence electrons. The third-order valence-corrected chi connectivity index (χ3v) is 3.31. The predicted octanol–water partition coefficient (Wildman–Crippen LogP) is 1.67. The maximum Gasteiger partial charge on any atom is 0.258 e. The Morgan fingerprint density at radius 1 is 0.947 bits per heavy atom. The van der Waals surface area contributed by atoms with Gasteiger partial charge in [-0.15, -0.1) is 0 Å². The summed E-state index contributed by atoms with van der Waals surface area (Å²) in [5, 5.41) is 3.77. The number of imide groups is 1. The lowest BCUT2D eigenvalue weighted by atomic mass is 9.94. The molecule has 0 aliphatic carbocycles. The Kier molecular flexibility index (Phi) is 1.79. The number of amides is 2. The molecular formula is C14H7N3O2. The summed E-state index contributed by atoms with van der Waals surface area (Å²) in [6.07, 6.45) is 3.18. The third kappa shape index (κ3) is 1.24. The molecular weight excluding hydrogens is 242 g/mol. The van der Waals surface area contributed by atoms with Gasteiger partial charge in [0, 0.05) is 28.7 Å². The zero-order valence-corrected chi connectivity index (χ0v) is 9.68. The molecule has 2 heterocycles. The SMILES string of the molecule is O=C1NC(=O)c2cc3nccnc3c3cccc1c23. The van der Waals surface area contributed by atoms with E-state index in [0.29, 0.717) is 27.5 Å². The first-order valence-electron chi connectivity index (χ1n) is 5.78. The van der Waals surface area contributed by atoms with Gasteiger partial charge in [-0.1, -0.05) is 12.1 Å². The molecule has 0 spiro atoms. The second kappa shape index (κ2) is 3.35. The number of nitrogens with one attached hydrogen (secondary N) is 1. The van der Waals surface area contributed by atoms with Crippen molar-refractivity contribution in [3.8, 4) is 0 Å². The number of nitrogens with zero attached hydrogens (tertiary/aromatic N) is 2. The Morgan fingerprint density at radius 2 is 1.74 bits per heavy atom. The molecule has 1 N–H and O–H groups in total. The summed E-state index contributed by atoms with van der Waals surface area (Å²) in [5.41, 5.74) is 2.31. The highest BCUT2D eigenvalue weighted by atomic mass is 16.2. The van der Waals surface area contributed by atoms with E-state index in [1.807, 2.05) is 6.07 Å². The zero-order chi connectivity index (χ0) is 13.0. The number of fused-ring (bicyclic) bond motifs is 2. The molecule has 19 heavy (non-hydrogen) atoms. The van der Waals surface area contributed by atoms with Gasteiger partial charge in [0.1, 0.15) is 0 Å². The molecule has 0 unspecified atom stereocenters. The number of rotatable bonds is 0. The van der Waals surface area contributed by atoms with E-state index in [0.717, 1.165) is 5.39 Å². The fourth-order valence-electron chi connectivity index (χ4n) is 2.52. The minimum absolute atomic E-state index is 0.369. The van der Waals surface area contributed by atoms with Crippen LogP contribution in [0.15, 0.2) is 36.7 Å². The van der Waals surface area contributed by atoms with Crippen LogP contribution in [-0.4, -0.2) is 21.8 Å². The average Bonchev–Trinajstić information content (AvgIpc) is 2.44. The zero-order valence-electron chi connectivity index (χ0n) is 9.68. The molecule has 3 aromatic rings. The van der Waals surface area contributed by atoms with Crippen molar-refractivity contribution in [3.05, 3.63) is 47.8 Å². The highest BCUT2D eigenvalue weighted by Crippen LogP contribution is 2.31. The fourth-order valence-corrected chi connectivity index (χ4v) is 2.52. The van der Waals surface area contributed by atoms with Crippen molar-refractivity contribution < 1.29 is 9.59 Å². The van der Waals surface area contributed by atoms with Gasteiger partial charge in [0.05, 0.1) is 16.6 Å². The Morgan fingerprint density at radius 3 is 2.63 bits per heavy atom. The van der Waals surface area contributed by atoms with Crippen LogP contribution in [0.5, 0.6) is 0 Å². The molecule has 5 heteroatoms. The van der Waals surface area contributed by atoms with Crippen LogP contribution in [0.2, 0.25) is 0 Å². The molecule has 2 amide bonds. The molecule has 1 aliphatic rings. The summed E-state index contributed by atoms with van der Waals surface area (Å²) in [7, 11) is 0. The molecule has 0 atom stereocenters. The second-order valence-electron chi connectivity index (χ2n) is 4.36. The first-order valence-corrected chi connectivity index (χ1v) is 5.78. The lowest BCUT2D eigenvalue weighted by molar-refractivity contribution is 0.0845. The Hall–Kier alpha value is -2.82. The predicted molar refractivity (Wildman–Crippen MR) is 68.8 cm³/mol. The maximum atomic E-state index is 11.9. The van der Waals surface area contributed by atoms with E-state index < -0.39 is 0 Å². The summed E-state index contributed by atoms with van der Waals surface area (Å²) in [5.74, 6) is -0.757.